The van der Waals surface area contributed by atoms with Crippen LogP contribution in [0, 0.1) is 6.92 Å². The molecule has 4 rings (SSSR count). The first kappa shape index (κ1) is 20.4. The summed E-state index contributed by atoms with van der Waals surface area (Å²) in [5.41, 5.74) is 0.990. The normalized spacial score (nSPS) is 18.3. The minimum atomic E-state index is -0.494. The number of carbonyl (C=O) groups excluding carboxylic acids is 1. The van der Waals surface area contributed by atoms with E-state index in [9.17, 15) is 4.79 Å². The van der Waals surface area contributed by atoms with E-state index in [-0.39, 0.29) is 5.91 Å². The van der Waals surface area contributed by atoms with E-state index < -0.39 is 6.10 Å². The number of para-hydroxylation sites is 1. The molecule has 0 N–H and O–H groups in total. The Bertz CT molecular complexity index is 846. The van der Waals surface area contributed by atoms with Gasteiger partial charge in [0.1, 0.15) is 11.6 Å². The van der Waals surface area contributed by atoms with Gasteiger partial charge in [-0.15, -0.1) is 0 Å². The van der Waals surface area contributed by atoms with Crippen molar-refractivity contribution < 1.29 is 9.53 Å². The lowest BCUT2D eigenvalue weighted by atomic mass is 10.1. The average Bonchev–Trinajstić information content (AvgIpc) is 2.79. The maximum absolute atomic E-state index is 12.8. The Hall–Kier alpha value is -2.83. The van der Waals surface area contributed by atoms with E-state index in [1.165, 1.54) is 19.3 Å². The molecule has 2 aliphatic rings. The molecule has 2 saturated heterocycles. The van der Waals surface area contributed by atoms with E-state index >= 15 is 0 Å². The predicted molar refractivity (Wildman–Crippen MR) is 118 cm³/mol. The zero-order valence-corrected chi connectivity index (χ0v) is 18.0. The van der Waals surface area contributed by atoms with E-state index in [1.807, 2.05) is 55.1 Å². The number of carbonyl (C=O) groups is 1. The van der Waals surface area contributed by atoms with Gasteiger partial charge in [-0.05, 0) is 45.2 Å². The van der Waals surface area contributed by atoms with Gasteiger partial charge in [0, 0.05) is 51.0 Å². The number of nitrogens with zero attached hydrogens (tertiary/aromatic N) is 5. The Morgan fingerprint density at radius 1 is 0.933 bits per heavy atom. The number of piperidine rings is 1. The predicted octanol–water partition coefficient (Wildman–Crippen LogP) is 2.89. The van der Waals surface area contributed by atoms with Crippen molar-refractivity contribution in [3.63, 3.8) is 0 Å². The van der Waals surface area contributed by atoms with Gasteiger partial charge in [-0.25, -0.2) is 4.98 Å². The van der Waals surface area contributed by atoms with Crippen molar-refractivity contribution in [3.05, 3.63) is 42.1 Å². The molecule has 0 aliphatic carbocycles. The fourth-order valence-electron chi connectivity index (χ4n) is 4.10. The lowest BCUT2D eigenvalue weighted by Crippen LogP contribution is -2.52. The van der Waals surface area contributed by atoms with Crippen molar-refractivity contribution in [1.29, 1.82) is 0 Å². The summed E-state index contributed by atoms with van der Waals surface area (Å²) in [7, 11) is 0. The molecule has 1 aromatic carbocycles. The van der Waals surface area contributed by atoms with E-state index in [0.717, 1.165) is 49.4 Å². The van der Waals surface area contributed by atoms with Crippen molar-refractivity contribution in [2.45, 2.75) is 39.2 Å². The van der Waals surface area contributed by atoms with Gasteiger partial charge in [0.15, 0.2) is 6.10 Å². The smallest absolute Gasteiger partial charge is 0.263 e. The molecule has 3 heterocycles. The van der Waals surface area contributed by atoms with Crippen molar-refractivity contribution in [3.8, 4) is 5.75 Å². The fraction of sp³-hybridized carbons (Fsp3) is 0.522. The summed E-state index contributed by atoms with van der Waals surface area (Å²) in [6.07, 6.45) is 3.20. The number of amides is 1. The molecular formula is C23H31N5O2. The highest BCUT2D eigenvalue weighted by Crippen LogP contribution is 2.22. The molecule has 30 heavy (non-hydrogen) atoms. The fourth-order valence-corrected chi connectivity index (χ4v) is 4.10. The zero-order valence-electron chi connectivity index (χ0n) is 18.0. The number of hydrogen-bond donors (Lipinski definition) is 0. The van der Waals surface area contributed by atoms with Crippen LogP contribution in [0.4, 0.5) is 11.8 Å². The van der Waals surface area contributed by atoms with Gasteiger partial charge in [-0.3, -0.25) is 4.79 Å². The molecule has 0 radical (unpaired) electrons. The van der Waals surface area contributed by atoms with Crippen molar-refractivity contribution in [2.75, 3.05) is 49.1 Å². The van der Waals surface area contributed by atoms with E-state index in [1.54, 1.807) is 0 Å². The zero-order chi connectivity index (χ0) is 20.9. The lowest BCUT2D eigenvalue weighted by molar-refractivity contribution is -0.138. The molecule has 2 aromatic rings. The van der Waals surface area contributed by atoms with Crippen LogP contribution >= 0.6 is 0 Å². The van der Waals surface area contributed by atoms with Crippen LogP contribution in [0.15, 0.2) is 36.4 Å². The summed E-state index contributed by atoms with van der Waals surface area (Å²) in [6.45, 7) is 8.78. The number of piperazine rings is 1. The first-order valence-corrected chi connectivity index (χ1v) is 11.0. The quantitative estimate of drug-likeness (QED) is 0.757. The van der Waals surface area contributed by atoms with Crippen LogP contribution in [0.25, 0.3) is 0 Å². The Morgan fingerprint density at radius 2 is 1.63 bits per heavy atom. The molecule has 160 valence electrons. The van der Waals surface area contributed by atoms with Crippen LogP contribution in [-0.2, 0) is 4.79 Å². The molecule has 0 bridgehead atoms. The second kappa shape index (κ2) is 9.32. The maximum atomic E-state index is 12.8. The molecule has 2 fully saturated rings. The van der Waals surface area contributed by atoms with Gasteiger partial charge < -0.3 is 19.4 Å². The summed E-state index contributed by atoms with van der Waals surface area (Å²) in [5.74, 6) is 2.56. The summed E-state index contributed by atoms with van der Waals surface area (Å²) in [5, 5.41) is 0. The number of aryl methyl sites for hydroxylation is 1. The Labute approximate surface area is 178 Å². The number of hydrogen-bond acceptors (Lipinski definition) is 6. The summed E-state index contributed by atoms with van der Waals surface area (Å²) in [4.78, 5) is 28.8. The highest BCUT2D eigenvalue weighted by Gasteiger charge is 2.27. The maximum Gasteiger partial charge on any atom is 0.263 e. The highest BCUT2D eigenvalue weighted by atomic mass is 16.5. The van der Waals surface area contributed by atoms with Crippen LogP contribution < -0.4 is 14.5 Å². The standard InChI is InChI=1S/C23H31N5O2/c1-18-17-21(25-23(24-18)28-11-7-4-8-12-28)26-13-15-27(16-14-26)22(29)19(2)30-20-9-5-3-6-10-20/h3,5-6,9-10,17,19H,4,7-8,11-16H2,1-2H3. The minimum absolute atomic E-state index is 0.0337. The van der Waals surface area contributed by atoms with Crippen LogP contribution in [-0.4, -0.2) is 66.1 Å². The minimum Gasteiger partial charge on any atom is -0.481 e. The number of anilines is 2. The Morgan fingerprint density at radius 3 is 2.33 bits per heavy atom. The first-order chi connectivity index (χ1) is 14.6. The summed E-state index contributed by atoms with van der Waals surface area (Å²) >= 11 is 0. The Balaban J connectivity index is 1.36. The van der Waals surface area contributed by atoms with Crippen LogP contribution in [0.3, 0.4) is 0 Å². The van der Waals surface area contributed by atoms with Crippen LogP contribution in [0.1, 0.15) is 31.9 Å². The van der Waals surface area contributed by atoms with Crippen LogP contribution in [0.5, 0.6) is 5.75 Å². The summed E-state index contributed by atoms with van der Waals surface area (Å²) < 4.78 is 5.81. The third-order valence-electron chi connectivity index (χ3n) is 5.79. The molecule has 0 spiro atoms. The molecule has 1 atom stereocenters. The van der Waals surface area contributed by atoms with Gasteiger partial charge in [-0.1, -0.05) is 18.2 Å². The SMILES string of the molecule is Cc1cc(N2CCN(C(=O)C(C)Oc3ccccc3)CC2)nc(N2CCCCC2)n1. The van der Waals surface area contributed by atoms with E-state index in [2.05, 4.69) is 14.8 Å². The van der Waals surface area contributed by atoms with E-state index in [4.69, 9.17) is 9.72 Å². The summed E-state index contributed by atoms with van der Waals surface area (Å²) in [6, 6.07) is 11.6. The van der Waals surface area contributed by atoms with Gasteiger partial charge in [0.25, 0.3) is 5.91 Å². The van der Waals surface area contributed by atoms with Crippen molar-refractivity contribution in [2.24, 2.45) is 0 Å². The molecule has 7 nitrogen and oxygen atoms in total. The molecule has 1 aromatic heterocycles. The topological polar surface area (TPSA) is 61.8 Å². The number of benzene rings is 1. The van der Waals surface area contributed by atoms with Gasteiger partial charge >= 0.3 is 0 Å². The molecule has 1 amide bonds. The molecule has 2 aliphatic heterocycles. The van der Waals surface area contributed by atoms with Gasteiger partial charge in [-0.2, -0.15) is 4.98 Å². The second-order valence-corrected chi connectivity index (χ2v) is 8.10. The largest absolute Gasteiger partial charge is 0.481 e. The highest BCUT2D eigenvalue weighted by molar-refractivity contribution is 5.81. The number of aromatic nitrogens is 2. The van der Waals surface area contributed by atoms with Crippen molar-refractivity contribution >= 4 is 17.7 Å². The average molecular weight is 410 g/mol. The van der Waals surface area contributed by atoms with Gasteiger partial charge in [0.2, 0.25) is 5.95 Å². The second-order valence-electron chi connectivity index (χ2n) is 8.10. The Kier molecular flexibility index (Phi) is 6.35. The van der Waals surface area contributed by atoms with Crippen molar-refractivity contribution in [1.82, 2.24) is 14.9 Å². The molecule has 0 saturated carbocycles. The number of rotatable bonds is 5. The third-order valence-corrected chi connectivity index (χ3v) is 5.79. The molecular weight excluding hydrogens is 378 g/mol. The van der Waals surface area contributed by atoms with E-state index in [0.29, 0.717) is 13.1 Å². The molecule has 1 unspecified atom stereocenters. The van der Waals surface area contributed by atoms with Gasteiger partial charge in [0.05, 0.1) is 0 Å². The molecule has 7 heteroatoms. The number of ether oxygens (including phenoxy) is 1. The monoisotopic (exact) mass is 409 g/mol. The van der Waals surface area contributed by atoms with Crippen LogP contribution in [0.2, 0.25) is 0 Å². The third kappa shape index (κ3) is 4.83. The first-order valence-electron chi connectivity index (χ1n) is 11.0. The lowest BCUT2D eigenvalue weighted by Gasteiger charge is -2.37.